The average molecular weight is 187 g/mol. The van der Waals surface area contributed by atoms with E-state index in [2.05, 4.69) is 33.0 Å². The predicted molar refractivity (Wildman–Crippen MR) is 58.1 cm³/mol. The maximum Gasteiger partial charge on any atom is 0.0803 e. The standard InChI is InChI=1S/C11H25NO/c1-6-9-10(12-5)11(4,7-2)13-8-3/h10,12H,6-9H2,1-5H3. The lowest BCUT2D eigenvalue weighted by Crippen LogP contribution is -2.49. The van der Waals surface area contributed by atoms with Gasteiger partial charge in [-0.2, -0.15) is 0 Å². The summed E-state index contributed by atoms with van der Waals surface area (Å²) in [4.78, 5) is 0. The zero-order chi connectivity index (χ0) is 10.3. The molecule has 0 bridgehead atoms. The van der Waals surface area contributed by atoms with Crippen molar-refractivity contribution in [3.63, 3.8) is 0 Å². The first-order chi connectivity index (χ1) is 6.14. The summed E-state index contributed by atoms with van der Waals surface area (Å²) in [5.41, 5.74) is -0.000486. The van der Waals surface area contributed by atoms with Crippen LogP contribution in [0.15, 0.2) is 0 Å². The van der Waals surface area contributed by atoms with E-state index in [1.165, 1.54) is 12.8 Å². The molecule has 13 heavy (non-hydrogen) atoms. The highest BCUT2D eigenvalue weighted by molar-refractivity contribution is 4.87. The quantitative estimate of drug-likeness (QED) is 0.661. The second-order valence-corrected chi connectivity index (χ2v) is 3.73. The number of likely N-dealkylation sites (N-methyl/N-ethyl adjacent to an activating group) is 1. The molecule has 0 saturated heterocycles. The van der Waals surface area contributed by atoms with Gasteiger partial charge in [0.25, 0.3) is 0 Å². The van der Waals surface area contributed by atoms with Crippen molar-refractivity contribution >= 4 is 0 Å². The highest BCUT2D eigenvalue weighted by Crippen LogP contribution is 2.23. The van der Waals surface area contributed by atoms with Crippen LogP contribution in [0.1, 0.15) is 47.0 Å². The molecule has 0 fully saturated rings. The lowest BCUT2D eigenvalue weighted by atomic mass is 9.90. The molecule has 0 aliphatic heterocycles. The molecule has 1 N–H and O–H groups in total. The molecule has 0 amide bonds. The average Bonchev–Trinajstić information content (AvgIpc) is 2.14. The Kier molecular flexibility index (Phi) is 6.35. The summed E-state index contributed by atoms with van der Waals surface area (Å²) in [5.74, 6) is 0. The smallest absolute Gasteiger partial charge is 0.0803 e. The minimum atomic E-state index is -0.000486. The van der Waals surface area contributed by atoms with E-state index < -0.39 is 0 Å². The lowest BCUT2D eigenvalue weighted by molar-refractivity contribution is -0.0554. The number of nitrogens with one attached hydrogen (secondary N) is 1. The van der Waals surface area contributed by atoms with Crippen molar-refractivity contribution in [3.8, 4) is 0 Å². The van der Waals surface area contributed by atoms with Gasteiger partial charge in [-0.1, -0.05) is 20.3 Å². The van der Waals surface area contributed by atoms with E-state index in [1.807, 2.05) is 7.05 Å². The van der Waals surface area contributed by atoms with Crippen LogP contribution in [0.2, 0.25) is 0 Å². The van der Waals surface area contributed by atoms with Gasteiger partial charge < -0.3 is 10.1 Å². The fraction of sp³-hybridized carbons (Fsp3) is 1.00. The van der Waals surface area contributed by atoms with Crippen molar-refractivity contribution in [2.75, 3.05) is 13.7 Å². The molecule has 0 aromatic carbocycles. The zero-order valence-electron chi connectivity index (χ0n) is 9.81. The summed E-state index contributed by atoms with van der Waals surface area (Å²) >= 11 is 0. The largest absolute Gasteiger partial charge is 0.374 e. The highest BCUT2D eigenvalue weighted by atomic mass is 16.5. The SMILES string of the molecule is CCCC(NC)C(C)(CC)OCC. The van der Waals surface area contributed by atoms with Crippen LogP contribution in [0, 0.1) is 0 Å². The molecule has 0 radical (unpaired) electrons. The third-order valence-corrected chi connectivity index (χ3v) is 2.84. The van der Waals surface area contributed by atoms with E-state index in [1.54, 1.807) is 0 Å². The minimum Gasteiger partial charge on any atom is -0.374 e. The van der Waals surface area contributed by atoms with E-state index in [9.17, 15) is 0 Å². The van der Waals surface area contributed by atoms with Gasteiger partial charge in [-0.05, 0) is 33.7 Å². The summed E-state index contributed by atoms with van der Waals surface area (Å²) in [6.07, 6.45) is 3.45. The van der Waals surface area contributed by atoms with Gasteiger partial charge >= 0.3 is 0 Å². The molecule has 0 aromatic rings. The van der Waals surface area contributed by atoms with E-state index in [-0.39, 0.29) is 5.60 Å². The Morgan fingerprint density at radius 3 is 2.23 bits per heavy atom. The number of rotatable bonds is 7. The van der Waals surface area contributed by atoms with Gasteiger partial charge in [-0.15, -0.1) is 0 Å². The highest BCUT2D eigenvalue weighted by Gasteiger charge is 2.31. The first kappa shape index (κ1) is 12.9. The van der Waals surface area contributed by atoms with Gasteiger partial charge in [0.1, 0.15) is 0 Å². The van der Waals surface area contributed by atoms with Crippen LogP contribution in [0.4, 0.5) is 0 Å². The van der Waals surface area contributed by atoms with E-state index in [0.717, 1.165) is 13.0 Å². The fourth-order valence-corrected chi connectivity index (χ4v) is 1.82. The van der Waals surface area contributed by atoms with Gasteiger partial charge in [0, 0.05) is 12.6 Å². The summed E-state index contributed by atoms with van der Waals surface area (Å²) in [6, 6.07) is 0.474. The Morgan fingerprint density at radius 1 is 1.31 bits per heavy atom. The molecule has 2 unspecified atom stereocenters. The molecule has 0 aliphatic carbocycles. The first-order valence-electron chi connectivity index (χ1n) is 5.45. The molecule has 0 heterocycles. The van der Waals surface area contributed by atoms with Crippen LogP contribution in [-0.2, 0) is 4.74 Å². The Morgan fingerprint density at radius 2 is 1.92 bits per heavy atom. The molecular weight excluding hydrogens is 162 g/mol. The molecule has 80 valence electrons. The zero-order valence-corrected chi connectivity index (χ0v) is 9.81. The Hall–Kier alpha value is -0.0800. The summed E-state index contributed by atoms with van der Waals surface area (Å²) in [6.45, 7) is 9.47. The maximum atomic E-state index is 5.82. The monoisotopic (exact) mass is 187 g/mol. The van der Waals surface area contributed by atoms with Crippen molar-refractivity contribution < 1.29 is 4.74 Å². The van der Waals surface area contributed by atoms with Crippen LogP contribution >= 0.6 is 0 Å². The van der Waals surface area contributed by atoms with E-state index >= 15 is 0 Å². The van der Waals surface area contributed by atoms with Gasteiger partial charge in [-0.25, -0.2) is 0 Å². The molecule has 0 saturated carbocycles. The predicted octanol–water partition coefficient (Wildman–Crippen LogP) is 2.58. The van der Waals surface area contributed by atoms with Crippen LogP contribution in [-0.4, -0.2) is 25.3 Å². The number of ether oxygens (including phenoxy) is 1. The summed E-state index contributed by atoms with van der Waals surface area (Å²) < 4.78 is 5.82. The molecule has 2 atom stereocenters. The molecule has 0 rings (SSSR count). The van der Waals surface area contributed by atoms with Crippen LogP contribution < -0.4 is 5.32 Å². The van der Waals surface area contributed by atoms with Crippen LogP contribution in [0.25, 0.3) is 0 Å². The van der Waals surface area contributed by atoms with Gasteiger partial charge in [0.2, 0.25) is 0 Å². The maximum absolute atomic E-state index is 5.82. The van der Waals surface area contributed by atoms with Crippen molar-refractivity contribution in [2.24, 2.45) is 0 Å². The minimum absolute atomic E-state index is 0.000486. The fourth-order valence-electron chi connectivity index (χ4n) is 1.82. The topological polar surface area (TPSA) is 21.3 Å². The second-order valence-electron chi connectivity index (χ2n) is 3.73. The second kappa shape index (κ2) is 6.39. The third-order valence-electron chi connectivity index (χ3n) is 2.84. The normalized spacial score (nSPS) is 18.2. The Bertz CT molecular complexity index is 127. The Labute approximate surface area is 83.1 Å². The van der Waals surface area contributed by atoms with E-state index in [0.29, 0.717) is 6.04 Å². The van der Waals surface area contributed by atoms with Crippen molar-refractivity contribution in [3.05, 3.63) is 0 Å². The molecule has 2 nitrogen and oxygen atoms in total. The molecule has 0 aliphatic rings. The molecular formula is C11H25NO. The van der Waals surface area contributed by atoms with Gasteiger partial charge in [-0.3, -0.25) is 0 Å². The van der Waals surface area contributed by atoms with Gasteiger partial charge in [0.05, 0.1) is 5.60 Å². The summed E-state index contributed by atoms with van der Waals surface area (Å²) in [7, 11) is 2.02. The Balaban J connectivity index is 4.29. The van der Waals surface area contributed by atoms with Crippen molar-refractivity contribution in [1.82, 2.24) is 5.32 Å². The first-order valence-corrected chi connectivity index (χ1v) is 5.45. The number of hydrogen-bond acceptors (Lipinski definition) is 2. The van der Waals surface area contributed by atoms with Crippen LogP contribution in [0.5, 0.6) is 0 Å². The molecule has 0 spiro atoms. The molecule has 0 aromatic heterocycles. The van der Waals surface area contributed by atoms with Crippen molar-refractivity contribution in [2.45, 2.75) is 58.6 Å². The van der Waals surface area contributed by atoms with E-state index in [4.69, 9.17) is 4.74 Å². The summed E-state index contributed by atoms with van der Waals surface area (Å²) in [5, 5.41) is 3.35. The third kappa shape index (κ3) is 3.65. The molecule has 2 heteroatoms. The van der Waals surface area contributed by atoms with Crippen molar-refractivity contribution in [1.29, 1.82) is 0 Å². The van der Waals surface area contributed by atoms with Crippen LogP contribution in [0.3, 0.4) is 0 Å². The lowest BCUT2D eigenvalue weighted by Gasteiger charge is -2.36. The number of hydrogen-bond donors (Lipinski definition) is 1. The van der Waals surface area contributed by atoms with Gasteiger partial charge in [0.15, 0.2) is 0 Å².